The second-order valence-electron chi connectivity index (χ2n) is 3.41. The van der Waals surface area contributed by atoms with E-state index in [0.29, 0.717) is 6.42 Å². The number of carbonyl (C=O) groups is 2. The van der Waals surface area contributed by atoms with E-state index in [1.165, 1.54) is 4.90 Å². The van der Waals surface area contributed by atoms with Gasteiger partial charge in [0.25, 0.3) is 0 Å². The van der Waals surface area contributed by atoms with Gasteiger partial charge < -0.3 is 15.7 Å². The highest BCUT2D eigenvalue weighted by Gasteiger charge is 2.36. The molecule has 5 heteroatoms. The normalized spacial score (nSPS) is 18.5. The molecule has 14 heavy (non-hydrogen) atoms. The molecule has 0 aromatic heterocycles. The molecule has 0 bridgehead atoms. The Hall–Kier alpha value is -1.36. The molecule has 0 radical (unpaired) electrons. The fraction of sp³-hybridized carbons (Fsp3) is 0.556. The first kappa shape index (κ1) is 10.7. The van der Waals surface area contributed by atoms with Crippen molar-refractivity contribution in [3.63, 3.8) is 0 Å². The maximum absolute atomic E-state index is 11.4. The van der Waals surface area contributed by atoms with Crippen molar-refractivity contribution in [2.45, 2.75) is 12.5 Å². The number of nitrogens with zero attached hydrogens (tertiary/aromatic N) is 1. The number of carboxylic acids is 1. The highest BCUT2D eigenvalue weighted by atomic mass is 16.4. The lowest BCUT2D eigenvalue weighted by molar-refractivity contribution is -0.153. The first-order valence-corrected chi connectivity index (χ1v) is 4.44. The molecule has 0 aromatic rings. The summed E-state index contributed by atoms with van der Waals surface area (Å²) in [6, 6.07) is -0.581. The molecule has 1 aliphatic rings. The summed E-state index contributed by atoms with van der Waals surface area (Å²) in [4.78, 5) is 23.4. The summed E-state index contributed by atoms with van der Waals surface area (Å²) in [5.41, 5.74) is 5.55. The summed E-state index contributed by atoms with van der Waals surface area (Å²) in [7, 11) is 0. The lowest BCUT2D eigenvalue weighted by Crippen LogP contribution is -2.57. The maximum atomic E-state index is 11.4. The van der Waals surface area contributed by atoms with Gasteiger partial charge >= 0.3 is 5.97 Å². The standard InChI is InChI=1S/C9H14N2O3/c1-2-3-7(10)8(12)11-4-6(5-11)9(13)14/h2,6-7H,1,3-5,10H2,(H,13,14). The Labute approximate surface area is 82.2 Å². The topological polar surface area (TPSA) is 83.6 Å². The molecular formula is C9H14N2O3. The summed E-state index contributed by atoms with van der Waals surface area (Å²) >= 11 is 0. The summed E-state index contributed by atoms with van der Waals surface area (Å²) in [6.45, 7) is 4.04. The van der Waals surface area contributed by atoms with Gasteiger partial charge in [0.15, 0.2) is 0 Å². The van der Waals surface area contributed by atoms with Crippen LogP contribution in [0.1, 0.15) is 6.42 Å². The van der Waals surface area contributed by atoms with Crippen LogP contribution in [0.4, 0.5) is 0 Å². The molecule has 0 saturated carbocycles. The lowest BCUT2D eigenvalue weighted by atomic mass is 9.99. The smallest absolute Gasteiger partial charge is 0.310 e. The summed E-state index contributed by atoms with van der Waals surface area (Å²) in [5, 5.41) is 8.59. The van der Waals surface area contributed by atoms with E-state index >= 15 is 0 Å². The maximum Gasteiger partial charge on any atom is 0.310 e. The Balaban J connectivity index is 2.35. The molecule has 1 fully saturated rings. The number of aliphatic carboxylic acids is 1. The zero-order valence-electron chi connectivity index (χ0n) is 7.85. The molecule has 1 unspecified atom stereocenters. The number of nitrogens with two attached hydrogens (primary N) is 1. The minimum absolute atomic E-state index is 0.192. The first-order chi connectivity index (χ1) is 6.56. The quantitative estimate of drug-likeness (QED) is 0.593. The molecule has 5 nitrogen and oxygen atoms in total. The average Bonchev–Trinajstić information content (AvgIpc) is 2.00. The molecule has 0 aromatic carbocycles. The monoisotopic (exact) mass is 198 g/mol. The summed E-state index contributed by atoms with van der Waals surface area (Å²) in [6.07, 6.45) is 2.00. The largest absolute Gasteiger partial charge is 0.481 e. The van der Waals surface area contributed by atoms with Crippen LogP contribution in [0.15, 0.2) is 12.7 Å². The minimum atomic E-state index is -0.855. The lowest BCUT2D eigenvalue weighted by Gasteiger charge is -2.37. The van der Waals surface area contributed by atoms with Gasteiger partial charge in [0.2, 0.25) is 5.91 Å². The van der Waals surface area contributed by atoms with Gasteiger partial charge in [0.1, 0.15) is 0 Å². The Bertz CT molecular complexity index is 259. The van der Waals surface area contributed by atoms with Crippen molar-refractivity contribution >= 4 is 11.9 Å². The molecule has 3 N–H and O–H groups in total. The van der Waals surface area contributed by atoms with Crippen molar-refractivity contribution in [3.8, 4) is 0 Å². The van der Waals surface area contributed by atoms with Crippen LogP contribution in [0.3, 0.4) is 0 Å². The Kier molecular flexibility index (Phi) is 3.24. The number of hydrogen-bond acceptors (Lipinski definition) is 3. The van der Waals surface area contributed by atoms with Gasteiger partial charge in [-0.05, 0) is 6.42 Å². The average molecular weight is 198 g/mol. The molecule has 1 atom stereocenters. The van der Waals surface area contributed by atoms with Crippen molar-refractivity contribution in [2.24, 2.45) is 11.7 Å². The minimum Gasteiger partial charge on any atom is -0.481 e. The predicted molar refractivity (Wildman–Crippen MR) is 50.5 cm³/mol. The van der Waals surface area contributed by atoms with Crippen molar-refractivity contribution in [1.29, 1.82) is 0 Å². The third-order valence-corrected chi connectivity index (χ3v) is 2.28. The van der Waals surface area contributed by atoms with Crippen LogP contribution in [0.25, 0.3) is 0 Å². The highest BCUT2D eigenvalue weighted by molar-refractivity contribution is 5.84. The number of carbonyl (C=O) groups excluding carboxylic acids is 1. The van der Waals surface area contributed by atoms with E-state index in [0.717, 1.165) is 0 Å². The molecule has 1 rings (SSSR count). The van der Waals surface area contributed by atoms with E-state index in [-0.39, 0.29) is 19.0 Å². The van der Waals surface area contributed by atoms with Crippen LogP contribution in [0.2, 0.25) is 0 Å². The summed E-state index contributed by atoms with van der Waals surface area (Å²) < 4.78 is 0. The van der Waals surface area contributed by atoms with Crippen molar-refractivity contribution in [3.05, 3.63) is 12.7 Å². The van der Waals surface area contributed by atoms with Crippen LogP contribution < -0.4 is 5.73 Å². The van der Waals surface area contributed by atoms with E-state index in [1.54, 1.807) is 6.08 Å². The van der Waals surface area contributed by atoms with Gasteiger partial charge in [0, 0.05) is 13.1 Å². The van der Waals surface area contributed by atoms with Gasteiger partial charge in [-0.2, -0.15) is 0 Å². The Morgan fingerprint density at radius 2 is 2.21 bits per heavy atom. The second kappa shape index (κ2) is 4.23. The molecule has 78 valence electrons. The molecule has 0 aliphatic carbocycles. The first-order valence-electron chi connectivity index (χ1n) is 4.44. The van der Waals surface area contributed by atoms with Crippen molar-refractivity contribution in [2.75, 3.05) is 13.1 Å². The van der Waals surface area contributed by atoms with Crippen LogP contribution >= 0.6 is 0 Å². The summed E-state index contributed by atoms with van der Waals surface area (Å²) in [5.74, 6) is -1.47. The van der Waals surface area contributed by atoms with Crippen molar-refractivity contribution < 1.29 is 14.7 Å². The van der Waals surface area contributed by atoms with Gasteiger partial charge in [-0.25, -0.2) is 0 Å². The number of rotatable bonds is 4. The van der Waals surface area contributed by atoms with Crippen LogP contribution in [0.5, 0.6) is 0 Å². The molecule has 1 saturated heterocycles. The Morgan fingerprint density at radius 3 is 2.64 bits per heavy atom. The van der Waals surface area contributed by atoms with Crippen molar-refractivity contribution in [1.82, 2.24) is 4.90 Å². The number of carboxylic acid groups (broad SMARTS) is 1. The molecular weight excluding hydrogens is 184 g/mol. The van der Waals surface area contributed by atoms with E-state index in [1.807, 2.05) is 0 Å². The SMILES string of the molecule is C=CCC(N)C(=O)N1CC(C(=O)O)C1. The van der Waals surface area contributed by atoms with Gasteiger partial charge in [-0.1, -0.05) is 6.08 Å². The van der Waals surface area contributed by atoms with Crippen LogP contribution in [-0.2, 0) is 9.59 Å². The predicted octanol–water partition coefficient (Wildman–Crippen LogP) is -0.567. The fourth-order valence-corrected chi connectivity index (χ4v) is 1.33. The van der Waals surface area contributed by atoms with E-state index < -0.39 is 17.9 Å². The molecule has 1 amide bonds. The zero-order valence-corrected chi connectivity index (χ0v) is 7.85. The Morgan fingerprint density at radius 1 is 1.64 bits per heavy atom. The van der Waals surface area contributed by atoms with Crippen LogP contribution in [0, 0.1) is 5.92 Å². The molecule has 0 spiro atoms. The molecule has 1 heterocycles. The van der Waals surface area contributed by atoms with Gasteiger partial charge in [-0.15, -0.1) is 6.58 Å². The number of likely N-dealkylation sites (tertiary alicyclic amines) is 1. The van der Waals surface area contributed by atoms with Crippen LogP contribution in [-0.4, -0.2) is 41.0 Å². The van der Waals surface area contributed by atoms with Gasteiger partial charge in [-0.3, -0.25) is 9.59 Å². The van der Waals surface area contributed by atoms with Gasteiger partial charge in [0.05, 0.1) is 12.0 Å². The molecule has 1 aliphatic heterocycles. The fourth-order valence-electron chi connectivity index (χ4n) is 1.33. The van der Waals surface area contributed by atoms with E-state index in [2.05, 4.69) is 6.58 Å². The number of amides is 1. The van der Waals surface area contributed by atoms with E-state index in [9.17, 15) is 9.59 Å². The third kappa shape index (κ3) is 2.11. The highest BCUT2D eigenvalue weighted by Crippen LogP contribution is 2.16. The number of hydrogen-bond donors (Lipinski definition) is 2. The zero-order chi connectivity index (χ0) is 10.7. The third-order valence-electron chi connectivity index (χ3n) is 2.28. The second-order valence-corrected chi connectivity index (χ2v) is 3.41. The van der Waals surface area contributed by atoms with E-state index in [4.69, 9.17) is 10.8 Å².